The van der Waals surface area contributed by atoms with Gasteiger partial charge in [0, 0.05) is 46.5 Å². The van der Waals surface area contributed by atoms with Crippen LogP contribution in [0.3, 0.4) is 0 Å². The van der Waals surface area contributed by atoms with Gasteiger partial charge in [0.2, 0.25) is 11.8 Å². The Morgan fingerprint density at radius 2 is 1.94 bits per heavy atom. The van der Waals surface area contributed by atoms with E-state index in [2.05, 4.69) is 11.9 Å². The van der Waals surface area contributed by atoms with Gasteiger partial charge >= 0.3 is 0 Å². The molecule has 0 saturated carbocycles. The number of rotatable bonds is 7. The molecular weight excluding hydrogens is 218 g/mol. The molecule has 0 saturated heterocycles. The first-order valence-corrected chi connectivity index (χ1v) is 5.47. The number of likely N-dealkylation sites (N-methyl/N-ethyl adjacent to an activating group) is 1. The zero-order valence-corrected chi connectivity index (χ0v) is 10.8. The molecule has 5 nitrogen and oxygen atoms in total. The molecule has 0 heterocycles. The van der Waals surface area contributed by atoms with Crippen molar-refractivity contribution >= 4 is 11.8 Å². The highest BCUT2D eigenvalue weighted by molar-refractivity contribution is 5.87. The minimum atomic E-state index is -0.161. The fraction of sp³-hybridized carbons (Fsp3) is 0.500. The molecule has 0 aromatic rings. The molecule has 0 spiro atoms. The minimum absolute atomic E-state index is 0.0446. The lowest BCUT2D eigenvalue weighted by Gasteiger charge is -2.14. The van der Waals surface area contributed by atoms with Gasteiger partial charge in [-0.2, -0.15) is 0 Å². The lowest BCUT2D eigenvalue weighted by molar-refractivity contribution is -0.123. The zero-order chi connectivity index (χ0) is 13.3. The summed E-state index contributed by atoms with van der Waals surface area (Å²) >= 11 is 0. The van der Waals surface area contributed by atoms with E-state index >= 15 is 0 Å². The van der Waals surface area contributed by atoms with Crippen molar-refractivity contribution < 1.29 is 9.59 Å². The Bertz CT molecular complexity index is 298. The van der Waals surface area contributed by atoms with Crippen molar-refractivity contribution in [1.82, 2.24) is 15.1 Å². The highest BCUT2D eigenvalue weighted by Gasteiger charge is 1.98. The molecular formula is C12H21N3O2. The summed E-state index contributed by atoms with van der Waals surface area (Å²) in [5, 5.41) is 2.69. The van der Waals surface area contributed by atoms with Gasteiger partial charge in [-0.1, -0.05) is 6.58 Å². The summed E-state index contributed by atoms with van der Waals surface area (Å²) in [5.41, 5.74) is 0. The van der Waals surface area contributed by atoms with Crippen LogP contribution in [0.25, 0.3) is 0 Å². The van der Waals surface area contributed by atoms with Crippen LogP contribution in [0, 0.1) is 0 Å². The summed E-state index contributed by atoms with van der Waals surface area (Å²) in [6, 6.07) is 0. The molecule has 0 bridgehead atoms. The van der Waals surface area contributed by atoms with E-state index in [1.807, 2.05) is 11.9 Å². The number of hydrogen-bond acceptors (Lipinski definition) is 3. The molecule has 96 valence electrons. The predicted octanol–water partition coefficient (Wildman–Crippen LogP) is 0.212. The van der Waals surface area contributed by atoms with Crippen LogP contribution in [0.5, 0.6) is 0 Å². The molecule has 1 N–H and O–H groups in total. The standard InChI is InChI=1S/C12H21N3O2/c1-5-11(16)13-8-6-9-15(4)10-7-12(17)14(2)3/h5,7,10H,1,6,8-9H2,2-4H3,(H,13,16)/b10-7-. The topological polar surface area (TPSA) is 52.7 Å². The van der Waals surface area contributed by atoms with Crippen LogP contribution < -0.4 is 5.32 Å². The first-order valence-electron chi connectivity index (χ1n) is 5.47. The SMILES string of the molecule is C=CC(=O)NCCCN(C)/C=C\C(=O)N(C)C. The van der Waals surface area contributed by atoms with E-state index in [9.17, 15) is 9.59 Å². The summed E-state index contributed by atoms with van der Waals surface area (Å²) in [5.74, 6) is -0.206. The molecule has 0 rings (SSSR count). The van der Waals surface area contributed by atoms with Crippen LogP contribution in [0.15, 0.2) is 24.9 Å². The third-order valence-electron chi connectivity index (χ3n) is 2.08. The third kappa shape index (κ3) is 8.07. The Hall–Kier alpha value is -1.78. The molecule has 0 aromatic heterocycles. The van der Waals surface area contributed by atoms with Crippen molar-refractivity contribution in [2.24, 2.45) is 0 Å². The Balaban J connectivity index is 3.73. The van der Waals surface area contributed by atoms with Crippen LogP contribution in [-0.4, -0.2) is 55.8 Å². The summed E-state index contributed by atoms with van der Waals surface area (Å²) in [6.45, 7) is 4.74. The summed E-state index contributed by atoms with van der Waals surface area (Å²) in [4.78, 5) is 25.5. The Labute approximate surface area is 103 Å². The van der Waals surface area contributed by atoms with Gasteiger partial charge in [0.05, 0.1) is 0 Å². The molecule has 0 unspecified atom stereocenters. The number of carbonyl (C=O) groups is 2. The molecule has 0 aliphatic carbocycles. The Morgan fingerprint density at radius 3 is 2.47 bits per heavy atom. The van der Waals surface area contributed by atoms with E-state index in [1.54, 1.807) is 20.3 Å². The van der Waals surface area contributed by atoms with E-state index in [4.69, 9.17) is 0 Å². The van der Waals surface area contributed by atoms with Crippen LogP contribution in [0.4, 0.5) is 0 Å². The largest absolute Gasteiger partial charge is 0.380 e. The van der Waals surface area contributed by atoms with Gasteiger partial charge in [-0.05, 0) is 12.5 Å². The number of carbonyl (C=O) groups excluding carboxylic acids is 2. The normalized spacial score (nSPS) is 10.1. The van der Waals surface area contributed by atoms with E-state index in [0.717, 1.165) is 13.0 Å². The van der Waals surface area contributed by atoms with Gasteiger partial charge in [-0.25, -0.2) is 0 Å². The summed E-state index contributed by atoms with van der Waals surface area (Å²) in [6.07, 6.45) is 5.32. The van der Waals surface area contributed by atoms with Gasteiger partial charge in [0.25, 0.3) is 0 Å². The molecule has 0 aromatic carbocycles. The predicted molar refractivity (Wildman–Crippen MR) is 68.3 cm³/mol. The lowest BCUT2D eigenvalue weighted by Crippen LogP contribution is -2.25. The van der Waals surface area contributed by atoms with Crippen molar-refractivity contribution in [2.45, 2.75) is 6.42 Å². The Kier molecular flexibility index (Phi) is 7.50. The minimum Gasteiger partial charge on any atom is -0.380 e. The average molecular weight is 239 g/mol. The summed E-state index contributed by atoms with van der Waals surface area (Å²) < 4.78 is 0. The smallest absolute Gasteiger partial charge is 0.247 e. The molecule has 0 fully saturated rings. The van der Waals surface area contributed by atoms with Crippen molar-refractivity contribution in [3.05, 3.63) is 24.9 Å². The van der Waals surface area contributed by atoms with Gasteiger partial charge < -0.3 is 15.1 Å². The number of nitrogens with zero attached hydrogens (tertiary/aromatic N) is 2. The molecule has 0 radical (unpaired) electrons. The van der Waals surface area contributed by atoms with E-state index < -0.39 is 0 Å². The second-order valence-electron chi connectivity index (χ2n) is 3.88. The fourth-order valence-electron chi connectivity index (χ4n) is 1.03. The second-order valence-corrected chi connectivity index (χ2v) is 3.88. The molecule has 5 heteroatoms. The van der Waals surface area contributed by atoms with Gasteiger partial charge in [-0.15, -0.1) is 0 Å². The van der Waals surface area contributed by atoms with Crippen molar-refractivity contribution in [1.29, 1.82) is 0 Å². The summed E-state index contributed by atoms with van der Waals surface area (Å²) in [7, 11) is 5.30. The van der Waals surface area contributed by atoms with E-state index in [0.29, 0.717) is 6.54 Å². The van der Waals surface area contributed by atoms with Crippen molar-refractivity contribution in [2.75, 3.05) is 34.2 Å². The zero-order valence-electron chi connectivity index (χ0n) is 10.8. The molecule has 17 heavy (non-hydrogen) atoms. The van der Waals surface area contributed by atoms with Crippen LogP contribution in [0.2, 0.25) is 0 Å². The fourth-order valence-corrected chi connectivity index (χ4v) is 1.03. The quantitative estimate of drug-likeness (QED) is 0.510. The van der Waals surface area contributed by atoms with Crippen LogP contribution >= 0.6 is 0 Å². The lowest BCUT2D eigenvalue weighted by atomic mass is 10.4. The van der Waals surface area contributed by atoms with E-state index in [-0.39, 0.29) is 11.8 Å². The highest BCUT2D eigenvalue weighted by atomic mass is 16.2. The number of amides is 2. The third-order valence-corrected chi connectivity index (χ3v) is 2.08. The van der Waals surface area contributed by atoms with Crippen molar-refractivity contribution in [3.8, 4) is 0 Å². The number of nitrogens with one attached hydrogen (secondary N) is 1. The maximum atomic E-state index is 11.2. The van der Waals surface area contributed by atoms with Gasteiger partial charge in [0.1, 0.15) is 0 Å². The first kappa shape index (κ1) is 15.2. The number of hydrogen-bond donors (Lipinski definition) is 1. The van der Waals surface area contributed by atoms with Gasteiger partial charge in [0.15, 0.2) is 0 Å². The van der Waals surface area contributed by atoms with E-state index in [1.165, 1.54) is 17.1 Å². The van der Waals surface area contributed by atoms with Crippen molar-refractivity contribution in [3.63, 3.8) is 0 Å². The second kappa shape index (κ2) is 8.38. The van der Waals surface area contributed by atoms with Crippen LogP contribution in [-0.2, 0) is 9.59 Å². The Morgan fingerprint density at radius 1 is 1.29 bits per heavy atom. The highest BCUT2D eigenvalue weighted by Crippen LogP contribution is 1.90. The average Bonchev–Trinajstić information content (AvgIpc) is 2.30. The van der Waals surface area contributed by atoms with Crippen LogP contribution in [0.1, 0.15) is 6.42 Å². The molecule has 0 aliphatic rings. The maximum Gasteiger partial charge on any atom is 0.247 e. The maximum absolute atomic E-state index is 11.2. The molecule has 2 amide bonds. The van der Waals surface area contributed by atoms with Gasteiger partial charge in [-0.3, -0.25) is 9.59 Å². The first-order chi connectivity index (χ1) is 7.97. The monoisotopic (exact) mass is 239 g/mol. The molecule has 0 atom stereocenters. The molecule has 0 aliphatic heterocycles.